The number of benzene rings is 3. The number of fused-ring (bicyclic) bond motifs is 1. The summed E-state index contributed by atoms with van der Waals surface area (Å²) in [6, 6.07) is 23.2. The minimum absolute atomic E-state index is 0.00927. The molecule has 2 aromatic heterocycles. The Balaban J connectivity index is 1.48. The van der Waals surface area contributed by atoms with E-state index in [1.54, 1.807) is 30.5 Å². The van der Waals surface area contributed by atoms with E-state index in [2.05, 4.69) is 4.98 Å². The number of aromatic nitrogens is 3. The molecule has 1 aliphatic rings. The standard InChI is InChI=1S/C30H22Cl2N4O2/c1-38-23-6-2-4-18(12-23)19-8-10-27-24(13-19)30(35-29(34-27)21-5-3-11-33-16-21)36-17-22(15-28(36)37)20-7-9-25(31)26(32)14-20/h2-14,16,22H,15,17H2,1H3. The molecule has 5 aromatic rings. The lowest BCUT2D eigenvalue weighted by atomic mass is 9.98. The van der Waals surface area contributed by atoms with Crippen molar-refractivity contribution < 1.29 is 9.53 Å². The second-order valence-corrected chi connectivity index (χ2v) is 9.97. The maximum Gasteiger partial charge on any atom is 0.228 e. The van der Waals surface area contributed by atoms with E-state index >= 15 is 0 Å². The third kappa shape index (κ3) is 4.57. The van der Waals surface area contributed by atoms with Gasteiger partial charge in [-0.3, -0.25) is 14.7 Å². The predicted molar refractivity (Wildman–Crippen MR) is 151 cm³/mol. The highest BCUT2D eigenvalue weighted by atomic mass is 35.5. The minimum Gasteiger partial charge on any atom is -0.497 e. The molecule has 188 valence electrons. The van der Waals surface area contributed by atoms with Crippen LogP contribution in [0.25, 0.3) is 33.4 Å². The Morgan fingerprint density at radius 2 is 1.74 bits per heavy atom. The molecule has 0 bridgehead atoms. The van der Waals surface area contributed by atoms with E-state index in [1.807, 2.05) is 66.7 Å². The van der Waals surface area contributed by atoms with Crippen LogP contribution in [0.2, 0.25) is 10.0 Å². The number of methoxy groups -OCH3 is 1. The van der Waals surface area contributed by atoms with Gasteiger partial charge in [0, 0.05) is 42.2 Å². The van der Waals surface area contributed by atoms with Gasteiger partial charge in [0.1, 0.15) is 11.6 Å². The van der Waals surface area contributed by atoms with Gasteiger partial charge in [0.15, 0.2) is 5.82 Å². The van der Waals surface area contributed by atoms with Gasteiger partial charge in [-0.2, -0.15) is 0 Å². The summed E-state index contributed by atoms with van der Waals surface area (Å²) in [5.74, 6) is 1.81. The smallest absolute Gasteiger partial charge is 0.228 e. The lowest BCUT2D eigenvalue weighted by molar-refractivity contribution is -0.117. The Bertz CT molecular complexity index is 1680. The maximum atomic E-state index is 13.4. The number of anilines is 1. The third-order valence-corrected chi connectivity index (χ3v) is 7.53. The predicted octanol–water partition coefficient (Wildman–Crippen LogP) is 7.19. The molecule has 3 heterocycles. The fourth-order valence-electron chi connectivity index (χ4n) is 4.83. The van der Waals surface area contributed by atoms with Gasteiger partial charge < -0.3 is 4.74 Å². The van der Waals surface area contributed by atoms with Crippen LogP contribution < -0.4 is 9.64 Å². The molecule has 6 nitrogen and oxygen atoms in total. The van der Waals surface area contributed by atoms with E-state index in [0.717, 1.165) is 38.9 Å². The lowest BCUT2D eigenvalue weighted by Gasteiger charge is -2.19. The monoisotopic (exact) mass is 540 g/mol. The van der Waals surface area contributed by atoms with Crippen molar-refractivity contribution in [2.24, 2.45) is 0 Å². The Labute approximate surface area is 229 Å². The van der Waals surface area contributed by atoms with E-state index in [1.165, 1.54) is 0 Å². The summed E-state index contributed by atoms with van der Waals surface area (Å²) < 4.78 is 5.42. The Hall–Kier alpha value is -4.00. The molecule has 0 spiro atoms. The number of hydrogen-bond donors (Lipinski definition) is 0. The first-order valence-corrected chi connectivity index (χ1v) is 12.9. The topological polar surface area (TPSA) is 68.2 Å². The van der Waals surface area contributed by atoms with Crippen LogP contribution in [0.3, 0.4) is 0 Å². The average Bonchev–Trinajstić information content (AvgIpc) is 3.35. The zero-order valence-corrected chi connectivity index (χ0v) is 21.9. The third-order valence-electron chi connectivity index (χ3n) is 6.79. The zero-order chi connectivity index (χ0) is 26.2. The molecule has 6 rings (SSSR count). The van der Waals surface area contributed by atoms with Crippen molar-refractivity contribution in [3.8, 4) is 28.3 Å². The molecule has 1 unspecified atom stereocenters. The van der Waals surface area contributed by atoms with Crippen molar-refractivity contribution >= 4 is 45.8 Å². The molecule has 0 aliphatic carbocycles. The molecular weight excluding hydrogens is 519 g/mol. The van der Waals surface area contributed by atoms with Crippen molar-refractivity contribution in [1.29, 1.82) is 0 Å². The summed E-state index contributed by atoms with van der Waals surface area (Å²) >= 11 is 12.4. The SMILES string of the molecule is COc1cccc(-c2ccc3nc(-c4cccnc4)nc(N4CC(c5ccc(Cl)c(Cl)c5)CC4=O)c3c2)c1. The number of rotatable bonds is 5. The normalized spacial score (nSPS) is 15.3. The zero-order valence-electron chi connectivity index (χ0n) is 20.4. The summed E-state index contributed by atoms with van der Waals surface area (Å²) in [4.78, 5) is 29.1. The molecular formula is C30H22Cl2N4O2. The lowest BCUT2D eigenvalue weighted by Crippen LogP contribution is -2.26. The summed E-state index contributed by atoms with van der Waals surface area (Å²) in [6.07, 6.45) is 3.78. The second kappa shape index (κ2) is 10.0. The highest BCUT2D eigenvalue weighted by Crippen LogP contribution is 2.38. The first kappa shape index (κ1) is 24.3. The fraction of sp³-hybridized carbons (Fsp3) is 0.133. The van der Waals surface area contributed by atoms with Gasteiger partial charge in [0.2, 0.25) is 5.91 Å². The van der Waals surface area contributed by atoms with Crippen molar-refractivity contribution in [3.05, 3.63) is 101 Å². The van der Waals surface area contributed by atoms with E-state index in [4.69, 9.17) is 37.9 Å². The number of ether oxygens (including phenoxy) is 1. The molecule has 1 amide bonds. The highest BCUT2D eigenvalue weighted by molar-refractivity contribution is 6.42. The maximum absolute atomic E-state index is 13.4. The first-order chi connectivity index (χ1) is 18.5. The van der Waals surface area contributed by atoms with Crippen LogP contribution in [0.15, 0.2) is 85.2 Å². The number of nitrogens with zero attached hydrogens (tertiary/aromatic N) is 4. The number of carbonyl (C=O) groups is 1. The van der Waals surface area contributed by atoms with Gasteiger partial charge in [-0.05, 0) is 65.2 Å². The van der Waals surface area contributed by atoms with Gasteiger partial charge in [-0.1, -0.05) is 47.5 Å². The van der Waals surface area contributed by atoms with E-state index < -0.39 is 0 Å². The number of carbonyl (C=O) groups excluding carboxylic acids is 1. The van der Waals surface area contributed by atoms with Gasteiger partial charge in [0.05, 0.1) is 22.7 Å². The van der Waals surface area contributed by atoms with Crippen LogP contribution >= 0.6 is 23.2 Å². The number of halogens is 2. The quantitative estimate of drug-likeness (QED) is 0.236. The Kier molecular flexibility index (Phi) is 6.44. The fourth-order valence-corrected chi connectivity index (χ4v) is 5.13. The van der Waals surface area contributed by atoms with Crippen molar-refractivity contribution in [3.63, 3.8) is 0 Å². The van der Waals surface area contributed by atoms with Crippen LogP contribution in [0.4, 0.5) is 5.82 Å². The first-order valence-electron chi connectivity index (χ1n) is 12.1. The molecule has 3 aromatic carbocycles. The van der Waals surface area contributed by atoms with Crippen LogP contribution in [0, 0.1) is 0 Å². The van der Waals surface area contributed by atoms with Crippen LogP contribution in [-0.4, -0.2) is 34.5 Å². The number of hydrogen-bond acceptors (Lipinski definition) is 5. The summed E-state index contributed by atoms with van der Waals surface area (Å²) in [7, 11) is 1.65. The molecule has 0 saturated carbocycles. The van der Waals surface area contributed by atoms with Crippen molar-refractivity contribution in [1.82, 2.24) is 15.0 Å². The summed E-state index contributed by atoms with van der Waals surface area (Å²) in [5, 5.41) is 1.76. The summed E-state index contributed by atoms with van der Waals surface area (Å²) in [6.45, 7) is 0.471. The van der Waals surface area contributed by atoms with E-state index in [-0.39, 0.29) is 11.8 Å². The molecule has 0 radical (unpaired) electrons. The second-order valence-electron chi connectivity index (χ2n) is 9.16. The molecule has 8 heteroatoms. The van der Waals surface area contributed by atoms with Crippen LogP contribution in [-0.2, 0) is 4.79 Å². The molecule has 1 fully saturated rings. The van der Waals surface area contributed by atoms with Gasteiger partial charge in [0.25, 0.3) is 0 Å². The molecule has 1 aliphatic heterocycles. The van der Waals surface area contributed by atoms with E-state index in [0.29, 0.717) is 34.7 Å². The average molecular weight is 541 g/mol. The largest absolute Gasteiger partial charge is 0.497 e. The van der Waals surface area contributed by atoms with Crippen LogP contribution in [0.1, 0.15) is 17.9 Å². The Morgan fingerprint density at radius 3 is 2.53 bits per heavy atom. The van der Waals surface area contributed by atoms with Gasteiger partial charge in [-0.25, -0.2) is 9.97 Å². The van der Waals surface area contributed by atoms with E-state index in [9.17, 15) is 4.79 Å². The van der Waals surface area contributed by atoms with Crippen molar-refractivity contribution in [2.75, 3.05) is 18.6 Å². The highest BCUT2D eigenvalue weighted by Gasteiger charge is 2.34. The molecule has 38 heavy (non-hydrogen) atoms. The number of amides is 1. The van der Waals surface area contributed by atoms with Crippen LogP contribution in [0.5, 0.6) is 5.75 Å². The van der Waals surface area contributed by atoms with Gasteiger partial charge in [-0.15, -0.1) is 0 Å². The summed E-state index contributed by atoms with van der Waals surface area (Å²) in [5.41, 5.74) is 4.46. The molecule has 0 N–H and O–H groups in total. The Morgan fingerprint density at radius 1 is 0.895 bits per heavy atom. The number of pyridine rings is 1. The molecule has 1 saturated heterocycles. The molecule has 1 atom stereocenters. The van der Waals surface area contributed by atoms with Crippen molar-refractivity contribution in [2.45, 2.75) is 12.3 Å². The van der Waals surface area contributed by atoms with Gasteiger partial charge >= 0.3 is 0 Å². The minimum atomic E-state index is -0.0364.